The maximum absolute atomic E-state index is 12.1. The molecule has 0 fully saturated rings. The number of benzene rings is 1. The van der Waals surface area contributed by atoms with Crippen LogP contribution in [0.5, 0.6) is 5.75 Å². The molecule has 2 N–H and O–H groups in total. The van der Waals surface area contributed by atoms with Gasteiger partial charge in [0.15, 0.2) is 11.4 Å². The first kappa shape index (κ1) is 15.8. The van der Waals surface area contributed by atoms with Crippen molar-refractivity contribution in [3.8, 4) is 5.75 Å². The van der Waals surface area contributed by atoms with E-state index < -0.39 is 11.9 Å². The predicted octanol–water partition coefficient (Wildman–Crippen LogP) is 1.91. The van der Waals surface area contributed by atoms with Crippen molar-refractivity contribution in [3.63, 3.8) is 0 Å². The molecule has 8 heteroatoms. The highest BCUT2D eigenvalue weighted by atomic mass is 35.5. The van der Waals surface area contributed by atoms with Gasteiger partial charge in [0.2, 0.25) is 0 Å². The smallest absolute Gasteiger partial charge is 0.354 e. The zero-order valence-corrected chi connectivity index (χ0v) is 12.5. The molecule has 0 aliphatic heterocycles. The van der Waals surface area contributed by atoms with Gasteiger partial charge in [-0.05, 0) is 18.2 Å². The molecule has 0 spiro atoms. The van der Waals surface area contributed by atoms with Crippen LogP contribution in [0.3, 0.4) is 0 Å². The fourth-order valence-corrected chi connectivity index (χ4v) is 1.94. The van der Waals surface area contributed by atoms with Crippen molar-refractivity contribution in [1.82, 2.24) is 14.9 Å². The number of H-pyrrole nitrogens is 1. The van der Waals surface area contributed by atoms with Crippen molar-refractivity contribution in [2.75, 3.05) is 20.2 Å². The van der Waals surface area contributed by atoms with Crippen LogP contribution in [0.25, 0.3) is 0 Å². The van der Waals surface area contributed by atoms with Gasteiger partial charge >= 0.3 is 5.97 Å². The number of rotatable bonds is 6. The van der Waals surface area contributed by atoms with E-state index >= 15 is 0 Å². The molecule has 0 saturated heterocycles. The molecule has 0 radical (unpaired) electrons. The van der Waals surface area contributed by atoms with E-state index in [0.29, 0.717) is 10.8 Å². The van der Waals surface area contributed by atoms with Gasteiger partial charge in [0.25, 0.3) is 5.91 Å². The first-order valence-corrected chi connectivity index (χ1v) is 6.77. The molecule has 2 rings (SSSR count). The van der Waals surface area contributed by atoms with Crippen LogP contribution in [-0.4, -0.2) is 52.1 Å². The zero-order chi connectivity index (χ0) is 16.1. The largest absolute Gasteiger partial charge is 0.492 e. The average Bonchev–Trinajstić information content (AvgIpc) is 2.96. The monoisotopic (exact) mass is 323 g/mol. The molecule has 2 aromatic rings. The van der Waals surface area contributed by atoms with E-state index in [1.54, 1.807) is 31.3 Å². The fraction of sp³-hybridized carbons (Fsp3) is 0.214. The number of aromatic carboxylic acids is 1. The van der Waals surface area contributed by atoms with E-state index in [1.807, 2.05) is 0 Å². The van der Waals surface area contributed by atoms with Crippen molar-refractivity contribution in [2.45, 2.75) is 0 Å². The Labute approximate surface area is 131 Å². The standard InChI is InChI=1S/C14H14ClN3O4/c1-18(5-6-22-10-4-2-3-9(15)7-10)13(19)11-12(14(20)21)17-8-16-11/h2-4,7-8H,5-6H2,1H3,(H,16,17)(H,20,21). The molecular formula is C14H14ClN3O4. The maximum atomic E-state index is 12.1. The highest BCUT2D eigenvalue weighted by molar-refractivity contribution is 6.30. The second-order valence-corrected chi connectivity index (χ2v) is 4.90. The molecule has 1 aromatic carbocycles. The number of carboxylic acids is 1. The lowest BCUT2D eigenvalue weighted by Gasteiger charge is -2.16. The SMILES string of the molecule is CN(CCOc1cccc(Cl)c1)C(=O)c1nc[nH]c1C(=O)O. The molecule has 0 bridgehead atoms. The lowest BCUT2D eigenvalue weighted by atomic mass is 10.3. The van der Waals surface area contributed by atoms with Crippen LogP contribution in [0.1, 0.15) is 21.0 Å². The number of carbonyl (C=O) groups excluding carboxylic acids is 1. The first-order chi connectivity index (χ1) is 10.5. The van der Waals surface area contributed by atoms with Crippen molar-refractivity contribution < 1.29 is 19.4 Å². The number of hydrogen-bond donors (Lipinski definition) is 2. The van der Waals surface area contributed by atoms with Gasteiger partial charge in [0.05, 0.1) is 12.9 Å². The lowest BCUT2D eigenvalue weighted by molar-refractivity contribution is 0.0672. The topological polar surface area (TPSA) is 95.5 Å². The van der Waals surface area contributed by atoms with Gasteiger partial charge in [-0.3, -0.25) is 4.79 Å². The quantitative estimate of drug-likeness (QED) is 0.846. The molecule has 0 unspecified atom stereocenters. The second-order valence-electron chi connectivity index (χ2n) is 4.46. The third kappa shape index (κ3) is 3.76. The van der Waals surface area contributed by atoms with Crippen LogP contribution in [0, 0.1) is 0 Å². The third-order valence-corrected chi connectivity index (χ3v) is 3.13. The Kier molecular flexibility index (Phi) is 5.00. The number of aromatic amines is 1. The Hall–Kier alpha value is -2.54. The number of carboxylic acid groups (broad SMARTS) is 1. The zero-order valence-electron chi connectivity index (χ0n) is 11.7. The Bertz CT molecular complexity index is 686. The Balaban J connectivity index is 1.92. The summed E-state index contributed by atoms with van der Waals surface area (Å²) in [5.74, 6) is -1.13. The summed E-state index contributed by atoms with van der Waals surface area (Å²) in [7, 11) is 1.55. The van der Waals surface area contributed by atoms with E-state index in [9.17, 15) is 9.59 Å². The van der Waals surface area contributed by atoms with Gasteiger partial charge in [-0.2, -0.15) is 0 Å². The van der Waals surface area contributed by atoms with E-state index in [1.165, 1.54) is 11.2 Å². The molecule has 116 valence electrons. The van der Waals surface area contributed by atoms with Crippen LogP contribution in [0.2, 0.25) is 5.02 Å². The predicted molar refractivity (Wildman–Crippen MR) is 79.5 cm³/mol. The number of ether oxygens (including phenoxy) is 1. The first-order valence-electron chi connectivity index (χ1n) is 6.39. The summed E-state index contributed by atoms with van der Waals surface area (Å²) >= 11 is 5.84. The van der Waals surface area contributed by atoms with Gasteiger partial charge in [-0.25, -0.2) is 9.78 Å². The Morgan fingerprint density at radius 2 is 2.23 bits per heavy atom. The summed E-state index contributed by atoms with van der Waals surface area (Å²) in [4.78, 5) is 30.6. The summed E-state index contributed by atoms with van der Waals surface area (Å²) in [6, 6.07) is 6.91. The van der Waals surface area contributed by atoms with Crippen LogP contribution in [-0.2, 0) is 0 Å². The van der Waals surface area contributed by atoms with Gasteiger partial charge in [-0.15, -0.1) is 0 Å². The molecule has 0 aliphatic rings. The minimum atomic E-state index is -1.23. The highest BCUT2D eigenvalue weighted by Crippen LogP contribution is 2.17. The molecule has 1 aromatic heterocycles. The van der Waals surface area contributed by atoms with Crippen LogP contribution in [0.4, 0.5) is 0 Å². The molecule has 0 aliphatic carbocycles. The Morgan fingerprint density at radius 1 is 1.45 bits per heavy atom. The minimum absolute atomic E-state index is 0.127. The molecule has 1 heterocycles. The van der Waals surface area contributed by atoms with Crippen LogP contribution in [0.15, 0.2) is 30.6 Å². The second kappa shape index (κ2) is 6.95. The number of likely N-dealkylation sites (N-methyl/N-ethyl adjacent to an activating group) is 1. The van der Waals surface area contributed by atoms with Crippen molar-refractivity contribution >= 4 is 23.5 Å². The number of halogens is 1. The minimum Gasteiger partial charge on any atom is -0.492 e. The van der Waals surface area contributed by atoms with Gasteiger partial charge < -0.3 is 19.7 Å². The van der Waals surface area contributed by atoms with Crippen molar-refractivity contribution in [2.24, 2.45) is 0 Å². The number of imidazole rings is 1. The van der Waals surface area contributed by atoms with Crippen molar-refractivity contribution in [3.05, 3.63) is 47.0 Å². The van der Waals surface area contributed by atoms with Gasteiger partial charge in [0.1, 0.15) is 12.4 Å². The number of hydrogen-bond acceptors (Lipinski definition) is 4. The number of nitrogens with one attached hydrogen (secondary N) is 1. The van der Waals surface area contributed by atoms with Crippen molar-refractivity contribution in [1.29, 1.82) is 0 Å². The average molecular weight is 324 g/mol. The number of nitrogens with zero attached hydrogens (tertiary/aromatic N) is 2. The molecule has 22 heavy (non-hydrogen) atoms. The van der Waals surface area contributed by atoms with E-state index in [-0.39, 0.29) is 24.5 Å². The summed E-state index contributed by atoms with van der Waals surface area (Å²) < 4.78 is 5.48. The lowest BCUT2D eigenvalue weighted by Crippen LogP contribution is -2.32. The van der Waals surface area contributed by atoms with Gasteiger partial charge in [-0.1, -0.05) is 17.7 Å². The van der Waals surface area contributed by atoms with E-state index in [0.717, 1.165) is 0 Å². The molecule has 0 atom stereocenters. The highest BCUT2D eigenvalue weighted by Gasteiger charge is 2.22. The van der Waals surface area contributed by atoms with Crippen LogP contribution >= 0.6 is 11.6 Å². The van der Waals surface area contributed by atoms with Gasteiger partial charge in [0, 0.05) is 12.1 Å². The summed E-state index contributed by atoms with van der Waals surface area (Å²) in [5.41, 5.74) is -0.356. The normalized spacial score (nSPS) is 10.3. The Morgan fingerprint density at radius 3 is 2.91 bits per heavy atom. The summed E-state index contributed by atoms with van der Waals surface area (Å²) in [6.07, 6.45) is 1.17. The number of aromatic nitrogens is 2. The number of carbonyl (C=O) groups is 2. The summed E-state index contributed by atoms with van der Waals surface area (Å²) in [5, 5.41) is 9.52. The molecule has 1 amide bonds. The third-order valence-electron chi connectivity index (χ3n) is 2.89. The van der Waals surface area contributed by atoms with E-state index in [2.05, 4.69) is 9.97 Å². The molecule has 7 nitrogen and oxygen atoms in total. The maximum Gasteiger partial charge on any atom is 0.354 e. The van der Waals surface area contributed by atoms with E-state index in [4.69, 9.17) is 21.4 Å². The fourth-order valence-electron chi connectivity index (χ4n) is 1.76. The van der Waals surface area contributed by atoms with Crippen LogP contribution < -0.4 is 4.74 Å². The molecule has 0 saturated carbocycles. The summed E-state index contributed by atoms with van der Waals surface area (Å²) in [6.45, 7) is 0.521. The molecular weight excluding hydrogens is 310 g/mol. The number of amides is 1.